The van der Waals surface area contributed by atoms with Gasteiger partial charge in [0, 0.05) is 44.7 Å². The summed E-state index contributed by atoms with van der Waals surface area (Å²) in [7, 11) is 1.44. The molecule has 8 nitrogen and oxygen atoms in total. The quantitative estimate of drug-likeness (QED) is 0.622. The van der Waals surface area contributed by atoms with Crippen LogP contribution >= 0.6 is 0 Å². The topological polar surface area (TPSA) is 105 Å². The zero-order valence-electron chi connectivity index (χ0n) is 19.0. The van der Waals surface area contributed by atoms with E-state index in [1.165, 1.54) is 7.11 Å². The van der Waals surface area contributed by atoms with Crippen LogP contribution in [-0.2, 0) is 19.1 Å². The molecule has 2 N–H and O–H groups in total. The first-order valence-electron chi connectivity index (χ1n) is 11.3. The molecule has 4 rings (SSSR count). The zero-order chi connectivity index (χ0) is 24.1. The van der Waals surface area contributed by atoms with Gasteiger partial charge in [-0.25, -0.2) is 9.59 Å². The first-order chi connectivity index (χ1) is 16.5. The Morgan fingerprint density at radius 3 is 2.29 bits per heavy atom. The van der Waals surface area contributed by atoms with Crippen LogP contribution in [0.5, 0.6) is 0 Å². The summed E-state index contributed by atoms with van der Waals surface area (Å²) in [6, 6.07) is 16.3. The lowest BCUT2D eigenvalue weighted by Gasteiger charge is -2.28. The number of ether oxygens (including phenoxy) is 2. The summed E-state index contributed by atoms with van der Waals surface area (Å²) in [5.74, 6) is -1.20. The average molecular weight is 465 g/mol. The van der Waals surface area contributed by atoms with Crippen LogP contribution in [0.2, 0.25) is 0 Å². The van der Waals surface area contributed by atoms with Crippen molar-refractivity contribution in [1.82, 2.24) is 10.2 Å². The molecule has 1 atom stereocenters. The van der Waals surface area contributed by atoms with Crippen molar-refractivity contribution in [1.29, 1.82) is 0 Å². The monoisotopic (exact) mass is 464 g/mol. The van der Waals surface area contributed by atoms with Crippen LogP contribution in [0.25, 0.3) is 11.1 Å². The maximum absolute atomic E-state index is 12.7. The van der Waals surface area contributed by atoms with Gasteiger partial charge in [0.05, 0.1) is 0 Å². The van der Waals surface area contributed by atoms with Gasteiger partial charge in [-0.05, 0) is 28.7 Å². The van der Waals surface area contributed by atoms with Gasteiger partial charge in [-0.2, -0.15) is 0 Å². The van der Waals surface area contributed by atoms with E-state index in [1.54, 1.807) is 11.0 Å². The van der Waals surface area contributed by atoms with Gasteiger partial charge in [-0.1, -0.05) is 54.6 Å². The molecule has 2 aromatic rings. The summed E-state index contributed by atoms with van der Waals surface area (Å²) < 4.78 is 10.8. The Bertz CT molecular complexity index is 1070. The molecule has 2 aromatic carbocycles. The highest BCUT2D eigenvalue weighted by molar-refractivity contribution is 5.88. The Kier molecular flexibility index (Phi) is 7.27. The molecule has 0 fully saturated rings. The number of hydrogen-bond donors (Lipinski definition) is 2. The Labute approximate surface area is 198 Å². The van der Waals surface area contributed by atoms with Crippen LogP contribution < -0.4 is 5.32 Å². The third-order valence-corrected chi connectivity index (χ3v) is 6.38. The average Bonchev–Trinajstić information content (AvgIpc) is 3.19. The van der Waals surface area contributed by atoms with Gasteiger partial charge >= 0.3 is 12.1 Å². The van der Waals surface area contributed by atoms with E-state index < -0.39 is 18.2 Å². The first-order valence-corrected chi connectivity index (χ1v) is 11.3. The second-order valence-corrected chi connectivity index (χ2v) is 8.33. The standard InChI is InChI=1S/C26H28N2O6/c1-33-23(24(29)28-14-11-17(12-15-28)25(30)31)10-13-27-26(32)34-16-22-20-8-4-2-6-18(20)19-7-3-5-9-21(19)22/h2-9,11,22-23H,10,12-16H2,1H3,(H,27,32)(H,30,31). The van der Waals surface area contributed by atoms with E-state index in [9.17, 15) is 14.4 Å². The molecule has 0 radical (unpaired) electrons. The van der Waals surface area contributed by atoms with Gasteiger partial charge in [-0.15, -0.1) is 0 Å². The summed E-state index contributed by atoms with van der Waals surface area (Å²) in [6.07, 6.45) is 0.858. The number of nitrogens with zero attached hydrogens (tertiary/aromatic N) is 1. The minimum Gasteiger partial charge on any atom is -0.478 e. The second kappa shape index (κ2) is 10.5. The molecule has 0 saturated carbocycles. The minimum atomic E-state index is -0.956. The second-order valence-electron chi connectivity index (χ2n) is 8.33. The number of aliphatic carboxylic acids is 1. The van der Waals surface area contributed by atoms with Crippen LogP contribution in [0.4, 0.5) is 4.79 Å². The molecule has 0 aromatic heterocycles. The number of benzene rings is 2. The van der Waals surface area contributed by atoms with Crippen molar-refractivity contribution in [2.24, 2.45) is 0 Å². The third-order valence-electron chi connectivity index (χ3n) is 6.38. The number of alkyl carbamates (subject to hydrolysis) is 1. The molecule has 0 spiro atoms. The molecular formula is C26H28N2O6. The summed E-state index contributed by atoms with van der Waals surface area (Å²) in [6.45, 7) is 1.00. The fraction of sp³-hybridized carbons (Fsp3) is 0.346. The van der Waals surface area contributed by atoms with E-state index in [4.69, 9.17) is 14.6 Å². The number of amides is 2. The fourth-order valence-corrected chi connectivity index (χ4v) is 4.56. The number of fused-ring (bicyclic) bond motifs is 3. The summed E-state index contributed by atoms with van der Waals surface area (Å²) in [5.41, 5.74) is 4.93. The molecule has 1 aliphatic carbocycles. The molecule has 0 bridgehead atoms. The Morgan fingerprint density at radius 1 is 1.09 bits per heavy atom. The lowest BCUT2D eigenvalue weighted by Crippen LogP contribution is -2.44. The SMILES string of the molecule is COC(CCNC(=O)OCC1c2ccccc2-c2ccccc21)C(=O)N1CC=C(C(=O)O)CC1. The maximum atomic E-state index is 12.7. The van der Waals surface area contributed by atoms with Gasteiger partial charge in [0.25, 0.3) is 5.91 Å². The molecule has 2 amide bonds. The van der Waals surface area contributed by atoms with Crippen molar-refractivity contribution in [3.63, 3.8) is 0 Å². The van der Waals surface area contributed by atoms with E-state index in [1.807, 2.05) is 24.3 Å². The van der Waals surface area contributed by atoms with Crippen LogP contribution in [0.1, 0.15) is 29.9 Å². The number of methoxy groups -OCH3 is 1. The van der Waals surface area contributed by atoms with Crippen LogP contribution in [0.3, 0.4) is 0 Å². The van der Waals surface area contributed by atoms with E-state index in [0.29, 0.717) is 18.5 Å². The largest absolute Gasteiger partial charge is 0.478 e. The number of rotatable bonds is 8. The van der Waals surface area contributed by atoms with Crippen molar-refractivity contribution < 1.29 is 29.0 Å². The van der Waals surface area contributed by atoms with Gasteiger partial charge in [0.2, 0.25) is 0 Å². The fourth-order valence-electron chi connectivity index (χ4n) is 4.56. The van der Waals surface area contributed by atoms with Crippen molar-refractivity contribution in [2.45, 2.75) is 24.9 Å². The van der Waals surface area contributed by atoms with Crippen molar-refractivity contribution in [3.05, 3.63) is 71.3 Å². The number of carbonyl (C=O) groups is 3. The molecule has 34 heavy (non-hydrogen) atoms. The van der Waals surface area contributed by atoms with Crippen LogP contribution in [0, 0.1) is 0 Å². The number of hydrogen-bond acceptors (Lipinski definition) is 5. The number of nitrogens with one attached hydrogen (secondary N) is 1. The van der Waals surface area contributed by atoms with Gasteiger partial charge in [-0.3, -0.25) is 4.79 Å². The smallest absolute Gasteiger partial charge is 0.407 e. The number of carbonyl (C=O) groups excluding carboxylic acids is 2. The molecular weight excluding hydrogens is 436 g/mol. The predicted molar refractivity (Wildman–Crippen MR) is 125 cm³/mol. The van der Waals surface area contributed by atoms with Gasteiger partial charge in [0.1, 0.15) is 12.7 Å². The van der Waals surface area contributed by atoms with Gasteiger partial charge < -0.3 is 24.8 Å². The highest BCUT2D eigenvalue weighted by Crippen LogP contribution is 2.44. The van der Waals surface area contributed by atoms with Crippen LogP contribution in [-0.4, -0.2) is 67.4 Å². The number of carboxylic acids is 1. The zero-order valence-corrected chi connectivity index (χ0v) is 19.0. The maximum Gasteiger partial charge on any atom is 0.407 e. The van der Waals surface area contributed by atoms with E-state index >= 15 is 0 Å². The van der Waals surface area contributed by atoms with Crippen molar-refractivity contribution in [3.8, 4) is 11.1 Å². The molecule has 1 unspecified atom stereocenters. The highest BCUT2D eigenvalue weighted by atomic mass is 16.5. The molecule has 2 aliphatic rings. The van der Waals surface area contributed by atoms with Crippen molar-refractivity contribution >= 4 is 18.0 Å². The summed E-state index contributed by atoms with van der Waals surface area (Å²) in [5, 5.41) is 11.7. The minimum absolute atomic E-state index is 0.0192. The molecule has 0 saturated heterocycles. The van der Waals surface area contributed by atoms with Gasteiger partial charge in [0.15, 0.2) is 0 Å². The highest BCUT2D eigenvalue weighted by Gasteiger charge is 2.29. The lowest BCUT2D eigenvalue weighted by molar-refractivity contribution is -0.142. The molecule has 1 aliphatic heterocycles. The van der Waals surface area contributed by atoms with Crippen molar-refractivity contribution in [2.75, 3.05) is 33.4 Å². The van der Waals surface area contributed by atoms with Crippen LogP contribution in [0.15, 0.2) is 60.2 Å². The number of carboxylic acid groups (broad SMARTS) is 1. The Morgan fingerprint density at radius 2 is 1.74 bits per heavy atom. The third kappa shape index (κ3) is 4.97. The van der Waals surface area contributed by atoms with E-state index in [2.05, 4.69) is 29.6 Å². The Hall–Kier alpha value is -3.65. The predicted octanol–water partition coefficient (Wildman–Crippen LogP) is 3.17. The molecule has 8 heteroatoms. The van der Waals surface area contributed by atoms with E-state index in [0.717, 1.165) is 22.3 Å². The normalized spacial score (nSPS) is 15.7. The summed E-state index contributed by atoms with van der Waals surface area (Å²) >= 11 is 0. The summed E-state index contributed by atoms with van der Waals surface area (Å²) in [4.78, 5) is 37.6. The molecule has 178 valence electrons. The molecule has 1 heterocycles. The van der Waals surface area contributed by atoms with E-state index in [-0.39, 0.29) is 37.9 Å². The Balaban J connectivity index is 1.26. The first kappa shape index (κ1) is 23.5. The lowest BCUT2D eigenvalue weighted by atomic mass is 9.98.